The van der Waals surface area contributed by atoms with Gasteiger partial charge in [0.25, 0.3) is 0 Å². The van der Waals surface area contributed by atoms with E-state index in [1.807, 2.05) is 44.2 Å². The van der Waals surface area contributed by atoms with Gasteiger partial charge in [0.1, 0.15) is 5.54 Å². The van der Waals surface area contributed by atoms with Crippen LogP contribution in [0.5, 0.6) is 0 Å². The quantitative estimate of drug-likeness (QED) is 0.690. The van der Waals surface area contributed by atoms with Crippen molar-refractivity contribution < 1.29 is 9.59 Å². The average Bonchev–Trinajstić information content (AvgIpc) is 2.84. The molecule has 0 radical (unpaired) electrons. The van der Waals surface area contributed by atoms with Gasteiger partial charge in [-0.2, -0.15) is 0 Å². The summed E-state index contributed by atoms with van der Waals surface area (Å²) in [6.07, 6.45) is 0.917. The number of thiophene rings is 1. The van der Waals surface area contributed by atoms with Crippen molar-refractivity contribution in [1.82, 2.24) is 0 Å². The molecule has 1 saturated carbocycles. The van der Waals surface area contributed by atoms with E-state index in [0.717, 1.165) is 19.8 Å². The lowest BCUT2D eigenvalue weighted by Crippen LogP contribution is -2.42. The van der Waals surface area contributed by atoms with Crippen molar-refractivity contribution in [3.63, 3.8) is 0 Å². The highest BCUT2D eigenvalue weighted by atomic mass is 79.9. The molecule has 1 fully saturated rings. The number of rotatable bonds is 5. The third-order valence-corrected chi connectivity index (χ3v) is 6.77. The van der Waals surface area contributed by atoms with E-state index in [1.165, 1.54) is 11.3 Å². The van der Waals surface area contributed by atoms with E-state index in [9.17, 15) is 9.59 Å². The Morgan fingerprint density at radius 2 is 1.88 bits per heavy atom. The minimum atomic E-state index is -0.786. The van der Waals surface area contributed by atoms with Gasteiger partial charge in [-0.15, -0.1) is 11.3 Å². The van der Waals surface area contributed by atoms with E-state index in [2.05, 4.69) is 21.2 Å². The smallest absolute Gasteiger partial charge is 0.245 e. The van der Waals surface area contributed by atoms with E-state index < -0.39 is 5.54 Å². The number of amides is 2. The molecule has 1 heterocycles. The van der Waals surface area contributed by atoms with Crippen molar-refractivity contribution >= 4 is 44.8 Å². The molecule has 1 atom stereocenters. The van der Waals surface area contributed by atoms with Crippen LogP contribution in [-0.4, -0.2) is 17.4 Å². The summed E-state index contributed by atoms with van der Waals surface area (Å²) >= 11 is 5.04. The second-order valence-electron chi connectivity index (χ2n) is 7.10. The lowest BCUT2D eigenvalue weighted by atomic mass is 10.0. The van der Waals surface area contributed by atoms with Gasteiger partial charge in [-0.3, -0.25) is 9.59 Å². The number of anilines is 1. The van der Waals surface area contributed by atoms with Gasteiger partial charge in [0.05, 0.1) is 6.42 Å². The molecule has 2 amide bonds. The summed E-state index contributed by atoms with van der Waals surface area (Å²) in [4.78, 5) is 25.3. The third-order valence-electron chi connectivity index (χ3n) is 4.70. The molecular weight excluding hydrogens is 402 g/mol. The van der Waals surface area contributed by atoms with Crippen LogP contribution in [0.3, 0.4) is 0 Å². The first-order valence-electron chi connectivity index (χ1n) is 7.90. The highest BCUT2D eigenvalue weighted by molar-refractivity contribution is 9.10. The topological polar surface area (TPSA) is 98.2 Å². The lowest BCUT2D eigenvalue weighted by molar-refractivity contribution is -0.119. The number of hydrogen-bond acceptors (Lipinski definition) is 4. The lowest BCUT2D eigenvalue weighted by Gasteiger charge is -2.15. The summed E-state index contributed by atoms with van der Waals surface area (Å²) in [7, 11) is 0. The van der Waals surface area contributed by atoms with Crippen LogP contribution in [0.2, 0.25) is 0 Å². The predicted molar refractivity (Wildman–Crippen MR) is 104 cm³/mol. The van der Waals surface area contributed by atoms with Gasteiger partial charge in [0.15, 0.2) is 0 Å². The number of nitrogens with two attached hydrogens (primary N) is 2. The number of carbonyl (C=O) groups is 2. The molecule has 2 aromatic rings. The van der Waals surface area contributed by atoms with Crippen molar-refractivity contribution in [2.24, 2.45) is 16.9 Å². The van der Waals surface area contributed by atoms with Crippen molar-refractivity contribution in [2.75, 3.05) is 5.32 Å². The van der Waals surface area contributed by atoms with Crippen LogP contribution in [0.1, 0.15) is 25.1 Å². The molecule has 1 aliphatic rings. The first-order chi connectivity index (χ1) is 11.6. The maximum atomic E-state index is 12.3. The largest absolute Gasteiger partial charge is 0.369 e. The fraction of sp³-hybridized carbons (Fsp3) is 0.333. The van der Waals surface area contributed by atoms with E-state index in [0.29, 0.717) is 12.1 Å². The Labute approximate surface area is 158 Å². The Bertz CT molecular complexity index is 845. The van der Waals surface area contributed by atoms with E-state index >= 15 is 0 Å². The van der Waals surface area contributed by atoms with Gasteiger partial charge in [-0.05, 0) is 51.5 Å². The number of carbonyl (C=O) groups excluding carboxylic acids is 2. The molecule has 25 heavy (non-hydrogen) atoms. The van der Waals surface area contributed by atoms with Gasteiger partial charge in [0, 0.05) is 19.9 Å². The van der Waals surface area contributed by atoms with E-state index in [-0.39, 0.29) is 23.7 Å². The molecule has 1 aromatic heterocycles. The zero-order valence-corrected chi connectivity index (χ0v) is 16.5. The van der Waals surface area contributed by atoms with Gasteiger partial charge < -0.3 is 16.8 Å². The number of hydrogen-bond donors (Lipinski definition) is 3. The number of halogens is 1. The SMILES string of the molecule is CC1(C)CC1(N)C(=O)Nc1ccc(-c2sc(CC(N)=O)cc2Br)cc1. The fourth-order valence-electron chi connectivity index (χ4n) is 2.86. The molecule has 0 saturated heterocycles. The molecule has 5 nitrogen and oxygen atoms in total. The highest BCUT2D eigenvalue weighted by Crippen LogP contribution is 2.54. The molecule has 7 heteroatoms. The van der Waals surface area contributed by atoms with Crippen LogP contribution < -0.4 is 16.8 Å². The molecule has 3 rings (SSSR count). The van der Waals surface area contributed by atoms with Crippen LogP contribution in [0.15, 0.2) is 34.8 Å². The molecule has 0 aliphatic heterocycles. The zero-order chi connectivity index (χ0) is 18.4. The van der Waals surface area contributed by atoms with Crippen molar-refractivity contribution in [2.45, 2.75) is 32.2 Å². The molecule has 0 spiro atoms. The zero-order valence-electron chi connectivity index (χ0n) is 14.1. The van der Waals surface area contributed by atoms with Crippen LogP contribution in [0.4, 0.5) is 5.69 Å². The normalized spacial score (nSPS) is 21.0. The summed E-state index contributed by atoms with van der Waals surface area (Å²) < 4.78 is 0.922. The van der Waals surface area contributed by atoms with Gasteiger partial charge in [-0.25, -0.2) is 0 Å². The molecule has 5 N–H and O–H groups in total. The molecule has 1 unspecified atom stereocenters. The van der Waals surface area contributed by atoms with Crippen LogP contribution in [0, 0.1) is 5.41 Å². The predicted octanol–water partition coefficient (Wildman–Crippen LogP) is 3.27. The summed E-state index contributed by atoms with van der Waals surface area (Å²) in [5.74, 6) is -0.497. The minimum Gasteiger partial charge on any atom is -0.369 e. The molecule has 1 aromatic carbocycles. The van der Waals surface area contributed by atoms with Crippen LogP contribution >= 0.6 is 27.3 Å². The Morgan fingerprint density at radius 1 is 1.28 bits per heavy atom. The van der Waals surface area contributed by atoms with Crippen molar-refractivity contribution in [3.8, 4) is 10.4 Å². The first kappa shape index (κ1) is 18.1. The van der Waals surface area contributed by atoms with Crippen molar-refractivity contribution in [1.29, 1.82) is 0 Å². The van der Waals surface area contributed by atoms with E-state index in [1.54, 1.807) is 0 Å². The van der Waals surface area contributed by atoms with E-state index in [4.69, 9.17) is 11.5 Å². The maximum absolute atomic E-state index is 12.3. The molecule has 1 aliphatic carbocycles. The second-order valence-corrected chi connectivity index (χ2v) is 9.09. The summed E-state index contributed by atoms with van der Waals surface area (Å²) in [6, 6.07) is 9.48. The summed E-state index contributed by atoms with van der Waals surface area (Å²) in [5.41, 5.74) is 12.2. The highest BCUT2D eigenvalue weighted by Gasteiger charge is 2.63. The Morgan fingerprint density at radius 3 is 2.40 bits per heavy atom. The monoisotopic (exact) mass is 421 g/mol. The second kappa shape index (κ2) is 6.23. The molecular formula is C18H20BrN3O2S. The summed E-state index contributed by atoms with van der Waals surface area (Å²) in [5, 5.41) is 2.89. The Hall–Kier alpha value is -1.70. The number of primary amides is 1. The number of nitrogens with one attached hydrogen (secondary N) is 1. The first-order valence-corrected chi connectivity index (χ1v) is 9.51. The molecule has 132 valence electrons. The maximum Gasteiger partial charge on any atom is 0.245 e. The fourth-order valence-corrected chi connectivity index (χ4v) is 4.82. The Balaban J connectivity index is 1.74. The average molecular weight is 422 g/mol. The Kier molecular flexibility index (Phi) is 4.51. The third kappa shape index (κ3) is 3.49. The van der Waals surface area contributed by atoms with Gasteiger partial charge in [0.2, 0.25) is 11.8 Å². The minimum absolute atomic E-state index is 0.147. The van der Waals surface area contributed by atoms with Gasteiger partial charge in [-0.1, -0.05) is 26.0 Å². The number of benzene rings is 1. The van der Waals surface area contributed by atoms with Gasteiger partial charge >= 0.3 is 0 Å². The molecule has 0 bridgehead atoms. The summed E-state index contributed by atoms with van der Waals surface area (Å²) in [6.45, 7) is 3.99. The van der Waals surface area contributed by atoms with Crippen LogP contribution in [0.25, 0.3) is 10.4 Å². The van der Waals surface area contributed by atoms with Crippen LogP contribution in [-0.2, 0) is 16.0 Å². The standard InChI is InChI=1S/C18H20BrN3O2S/c1-17(2)9-18(17,21)16(24)22-11-5-3-10(4-6-11)15-13(19)7-12(25-15)8-14(20)23/h3-7H,8-9,21H2,1-2H3,(H2,20,23)(H,22,24). The van der Waals surface area contributed by atoms with Crippen molar-refractivity contribution in [3.05, 3.63) is 39.7 Å².